The van der Waals surface area contributed by atoms with Crippen LogP contribution in [0.25, 0.3) is 0 Å². The maximum Gasteiger partial charge on any atom is 0.493 e. The number of aromatic nitrogens is 2. The summed E-state index contributed by atoms with van der Waals surface area (Å²) in [6.07, 6.45) is 2.12. The van der Waals surface area contributed by atoms with Crippen molar-refractivity contribution in [1.82, 2.24) is 9.78 Å². The third kappa shape index (κ3) is 3.34. The van der Waals surface area contributed by atoms with Crippen molar-refractivity contribution in [1.29, 1.82) is 5.26 Å². The third-order valence-corrected chi connectivity index (χ3v) is 5.26. The minimum Gasteiger partial charge on any atom is -0.423 e. The molecule has 28 heavy (non-hydrogen) atoms. The van der Waals surface area contributed by atoms with E-state index in [1.807, 2.05) is 0 Å². The lowest BCUT2D eigenvalue weighted by atomic mass is 9.79. The van der Waals surface area contributed by atoms with Gasteiger partial charge < -0.3 is 25.5 Å². The molecule has 9 nitrogen and oxygen atoms in total. The zero-order valence-electron chi connectivity index (χ0n) is 14.8. The zero-order valence-corrected chi connectivity index (χ0v) is 15.5. The number of ether oxygens (including phenoxy) is 1. The normalized spacial score (nSPS) is 21.2. The molecule has 4 N–H and O–H groups in total. The van der Waals surface area contributed by atoms with E-state index in [0.29, 0.717) is 35.8 Å². The summed E-state index contributed by atoms with van der Waals surface area (Å²) in [6.45, 7) is 1.08. The van der Waals surface area contributed by atoms with E-state index < -0.39 is 13.0 Å². The van der Waals surface area contributed by atoms with Crippen LogP contribution in [0.2, 0.25) is 5.02 Å². The molecule has 0 radical (unpaired) electrons. The lowest BCUT2D eigenvalue weighted by Crippen LogP contribution is -2.29. The molecule has 0 bridgehead atoms. The van der Waals surface area contributed by atoms with Crippen molar-refractivity contribution in [3.05, 3.63) is 34.5 Å². The Morgan fingerprint density at radius 3 is 3.11 bits per heavy atom. The lowest BCUT2D eigenvalue weighted by molar-refractivity contribution is 0.0342. The van der Waals surface area contributed by atoms with Crippen LogP contribution in [-0.4, -0.2) is 41.0 Å². The maximum absolute atomic E-state index is 11.9. The molecule has 4 rings (SSSR count). The van der Waals surface area contributed by atoms with Crippen LogP contribution in [0, 0.1) is 17.2 Å². The van der Waals surface area contributed by atoms with Crippen molar-refractivity contribution in [3.8, 4) is 6.07 Å². The molecule has 2 aliphatic rings. The fourth-order valence-corrected chi connectivity index (χ4v) is 3.83. The number of halogens is 1. The Morgan fingerprint density at radius 1 is 1.54 bits per heavy atom. The smallest absolute Gasteiger partial charge is 0.423 e. The van der Waals surface area contributed by atoms with E-state index in [0.717, 1.165) is 5.56 Å². The molecule has 2 aromatic rings. The highest BCUT2D eigenvalue weighted by molar-refractivity contribution is 6.65. The minimum atomic E-state index is -1.05. The van der Waals surface area contributed by atoms with Crippen molar-refractivity contribution in [2.45, 2.75) is 19.1 Å². The number of carbonyl (C=O) groups is 1. The first-order valence-corrected chi connectivity index (χ1v) is 9.11. The number of hydrogen-bond donors (Lipinski definition) is 3. The third-order valence-electron chi connectivity index (χ3n) is 4.95. The predicted molar refractivity (Wildman–Crippen MR) is 101 cm³/mol. The average molecular weight is 402 g/mol. The molecule has 2 atom stereocenters. The Morgan fingerprint density at radius 2 is 2.36 bits per heavy atom. The van der Waals surface area contributed by atoms with Gasteiger partial charge in [-0.2, -0.15) is 10.4 Å². The second-order valence-electron chi connectivity index (χ2n) is 6.72. The monoisotopic (exact) mass is 401 g/mol. The largest absolute Gasteiger partial charge is 0.493 e. The van der Waals surface area contributed by atoms with Crippen LogP contribution in [-0.2, 0) is 16.0 Å². The molecule has 1 aromatic carbocycles. The first kappa shape index (κ1) is 18.8. The van der Waals surface area contributed by atoms with Gasteiger partial charge >= 0.3 is 7.12 Å². The fourth-order valence-electron chi connectivity index (χ4n) is 3.50. The summed E-state index contributed by atoms with van der Waals surface area (Å²) in [6, 6.07) is 5.34. The molecule has 1 fully saturated rings. The SMILES string of the molecule is N#C[C@@H]1CCOC[C@H]1n1cc(C(N)=O)c(Nc2cc(Cl)c3c(c2)COB3O)n1. The molecular formula is C17H17BClN5O4. The standard InChI is InChI=1S/C17H17BClN5O4/c19-13-4-11(3-10-7-28-18(26)15(10)13)22-17-12(16(21)25)6-24(23-17)14-8-27-2-1-9(14)5-20/h3-4,6,9,14,26H,1-2,7-8H2,(H2,21,25)(H,22,23)/t9-,14+/m0/s1. The van der Waals surface area contributed by atoms with E-state index >= 15 is 0 Å². The summed E-state index contributed by atoms with van der Waals surface area (Å²) < 4.78 is 12.2. The summed E-state index contributed by atoms with van der Waals surface area (Å²) in [5.74, 6) is -0.662. The highest BCUT2D eigenvalue weighted by atomic mass is 35.5. The van der Waals surface area contributed by atoms with Gasteiger partial charge in [0.05, 0.1) is 31.2 Å². The Bertz CT molecular complexity index is 975. The van der Waals surface area contributed by atoms with E-state index in [4.69, 9.17) is 26.7 Å². The van der Waals surface area contributed by atoms with Gasteiger partial charge in [0.1, 0.15) is 5.56 Å². The van der Waals surface area contributed by atoms with E-state index in [1.54, 1.807) is 16.8 Å². The number of rotatable bonds is 4. The maximum atomic E-state index is 11.9. The molecule has 1 aromatic heterocycles. The van der Waals surface area contributed by atoms with Crippen LogP contribution in [0.1, 0.15) is 28.4 Å². The van der Waals surface area contributed by atoms with Gasteiger partial charge in [0.25, 0.3) is 5.91 Å². The molecule has 0 aliphatic carbocycles. The number of nitrogens with two attached hydrogens (primary N) is 1. The number of nitrogens with zero attached hydrogens (tertiary/aromatic N) is 3. The van der Waals surface area contributed by atoms with E-state index in [-0.39, 0.29) is 29.9 Å². The highest BCUT2D eigenvalue weighted by Gasteiger charge is 2.32. The van der Waals surface area contributed by atoms with Gasteiger partial charge in [-0.3, -0.25) is 9.48 Å². The van der Waals surface area contributed by atoms with Gasteiger partial charge in [0.15, 0.2) is 5.82 Å². The summed E-state index contributed by atoms with van der Waals surface area (Å²) in [4.78, 5) is 11.9. The molecule has 0 unspecified atom stereocenters. The van der Waals surface area contributed by atoms with Gasteiger partial charge in [0.2, 0.25) is 0 Å². The van der Waals surface area contributed by atoms with Gasteiger partial charge in [-0.15, -0.1) is 0 Å². The first-order valence-electron chi connectivity index (χ1n) is 8.73. The van der Waals surface area contributed by atoms with Crippen molar-refractivity contribution < 1.29 is 19.2 Å². The Labute approximate surface area is 166 Å². The Hall–Kier alpha value is -2.58. The summed E-state index contributed by atoms with van der Waals surface area (Å²) in [5.41, 5.74) is 7.55. The molecule has 0 spiro atoms. The average Bonchev–Trinajstić information content (AvgIpc) is 3.26. The van der Waals surface area contributed by atoms with Gasteiger partial charge in [-0.25, -0.2) is 0 Å². The molecule has 0 saturated carbocycles. The number of fused-ring (bicyclic) bond motifs is 1. The van der Waals surface area contributed by atoms with Crippen LogP contribution in [0.3, 0.4) is 0 Å². The van der Waals surface area contributed by atoms with Crippen molar-refractivity contribution in [2.24, 2.45) is 11.7 Å². The van der Waals surface area contributed by atoms with Crippen molar-refractivity contribution in [2.75, 3.05) is 18.5 Å². The second-order valence-corrected chi connectivity index (χ2v) is 7.13. The minimum absolute atomic E-state index is 0.190. The Kier molecular flexibility index (Phi) is 4.99. The van der Waals surface area contributed by atoms with Crippen LogP contribution in [0.5, 0.6) is 0 Å². The number of benzene rings is 1. The topological polar surface area (TPSA) is 135 Å². The molecule has 3 heterocycles. The molecule has 1 saturated heterocycles. The summed E-state index contributed by atoms with van der Waals surface area (Å²) in [7, 11) is -1.05. The van der Waals surface area contributed by atoms with E-state index in [1.165, 1.54) is 6.20 Å². The number of anilines is 2. The van der Waals surface area contributed by atoms with E-state index in [9.17, 15) is 15.1 Å². The first-order chi connectivity index (χ1) is 13.5. The molecular weight excluding hydrogens is 384 g/mol. The number of nitrogens with one attached hydrogen (secondary N) is 1. The number of nitriles is 1. The number of hydrogen-bond acceptors (Lipinski definition) is 7. The molecule has 11 heteroatoms. The molecule has 144 valence electrons. The zero-order chi connectivity index (χ0) is 19.8. The fraction of sp³-hybridized carbons (Fsp3) is 0.353. The highest BCUT2D eigenvalue weighted by Crippen LogP contribution is 2.30. The van der Waals surface area contributed by atoms with Crippen LogP contribution >= 0.6 is 11.6 Å². The molecule has 2 aliphatic heterocycles. The number of primary amides is 1. The van der Waals surface area contributed by atoms with Crippen molar-refractivity contribution >= 4 is 41.6 Å². The summed E-state index contributed by atoms with van der Waals surface area (Å²) >= 11 is 6.25. The molecule has 1 amide bonds. The second kappa shape index (κ2) is 7.45. The quantitative estimate of drug-likeness (QED) is 0.642. The van der Waals surface area contributed by atoms with Gasteiger partial charge in [0, 0.05) is 29.0 Å². The summed E-state index contributed by atoms with van der Waals surface area (Å²) in [5, 5.41) is 27.0. The number of amides is 1. The van der Waals surface area contributed by atoms with Crippen LogP contribution in [0.15, 0.2) is 18.3 Å². The van der Waals surface area contributed by atoms with Crippen LogP contribution in [0.4, 0.5) is 11.5 Å². The van der Waals surface area contributed by atoms with Gasteiger partial charge in [-0.05, 0) is 24.1 Å². The Balaban J connectivity index is 1.67. The van der Waals surface area contributed by atoms with Crippen LogP contribution < -0.4 is 16.5 Å². The lowest BCUT2D eigenvalue weighted by Gasteiger charge is -2.26. The van der Waals surface area contributed by atoms with Crippen molar-refractivity contribution in [3.63, 3.8) is 0 Å². The van der Waals surface area contributed by atoms with Gasteiger partial charge in [-0.1, -0.05) is 11.6 Å². The predicted octanol–water partition coefficient (Wildman–Crippen LogP) is 0.698. The van der Waals surface area contributed by atoms with E-state index in [2.05, 4.69) is 16.5 Å². The number of carbonyl (C=O) groups excluding carboxylic acids is 1.